The van der Waals surface area contributed by atoms with Crippen molar-refractivity contribution in [1.29, 1.82) is 0 Å². The van der Waals surface area contributed by atoms with E-state index >= 15 is 0 Å². The summed E-state index contributed by atoms with van der Waals surface area (Å²) in [6.45, 7) is 5.78. The van der Waals surface area contributed by atoms with E-state index < -0.39 is 12.1 Å². The van der Waals surface area contributed by atoms with Gasteiger partial charge in [-0.1, -0.05) is 62.4 Å². The highest BCUT2D eigenvalue weighted by atomic mass is 16.5. The number of rotatable bonds is 7. The minimum absolute atomic E-state index is 0.332. The predicted molar refractivity (Wildman–Crippen MR) is 105 cm³/mol. The highest BCUT2D eigenvalue weighted by Crippen LogP contribution is 2.26. The summed E-state index contributed by atoms with van der Waals surface area (Å²) in [5.41, 5.74) is 2.73. The Labute approximate surface area is 154 Å². The van der Waals surface area contributed by atoms with E-state index in [9.17, 15) is 9.59 Å². The molecule has 2 atom stereocenters. The molecule has 0 spiro atoms. The maximum Gasteiger partial charge on any atom is 0.331 e. The van der Waals surface area contributed by atoms with Crippen LogP contribution in [-0.4, -0.2) is 18.0 Å². The summed E-state index contributed by atoms with van der Waals surface area (Å²) >= 11 is 0. The van der Waals surface area contributed by atoms with Crippen LogP contribution in [0.1, 0.15) is 44.2 Å². The predicted octanol–water partition coefficient (Wildman–Crippen LogP) is 4.78. The zero-order valence-corrected chi connectivity index (χ0v) is 15.4. The van der Waals surface area contributed by atoms with Crippen LogP contribution in [0.3, 0.4) is 0 Å². The quantitative estimate of drug-likeness (QED) is 0.577. The number of ether oxygens (including phenoxy) is 1. The largest absolute Gasteiger partial charge is 0.449 e. The van der Waals surface area contributed by atoms with Gasteiger partial charge in [-0.2, -0.15) is 0 Å². The molecule has 0 aliphatic carbocycles. The molecule has 2 aromatic rings. The Kier molecular flexibility index (Phi) is 7.15. The van der Waals surface area contributed by atoms with Crippen molar-refractivity contribution in [3.63, 3.8) is 0 Å². The molecule has 0 aliphatic heterocycles. The summed E-state index contributed by atoms with van der Waals surface area (Å²) < 4.78 is 5.19. The molecule has 0 aromatic heterocycles. The minimum atomic E-state index is -0.882. The molecule has 0 bridgehead atoms. The monoisotopic (exact) mass is 351 g/mol. The lowest BCUT2D eigenvalue weighted by atomic mass is 9.97. The van der Waals surface area contributed by atoms with Crippen molar-refractivity contribution in [2.45, 2.75) is 39.2 Å². The third-order valence-corrected chi connectivity index (χ3v) is 4.24. The number of benzene rings is 2. The van der Waals surface area contributed by atoms with Gasteiger partial charge in [0.2, 0.25) is 0 Å². The number of carbonyl (C=O) groups excluding carboxylic acids is 2. The van der Waals surface area contributed by atoms with Crippen molar-refractivity contribution < 1.29 is 14.3 Å². The van der Waals surface area contributed by atoms with Crippen molar-refractivity contribution in [2.75, 3.05) is 5.32 Å². The SMILES string of the molecule is CC[C@H](C)c1ccccc1NC(=O)[C@H](C)OC(=O)/C=C/c1ccccc1. The minimum Gasteiger partial charge on any atom is -0.449 e. The van der Waals surface area contributed by atoms with E-state index in [0.717, 1.165) is 23.2 Å². The van der Waals surface area contributed by atoms with Crippen LogP contribution in [0, 0.1) is 0 Å². The molecular weight excluding hydrogens is 326 g/mol. The van der Waals surface area contributed by atoms with E-state index in [1.807, 2.05) is 54.6 Å². The zero-order chi connectivity index (χ0) is 18.9. The van der Waals surface area contributed by atoms with Gasteiger partial charge in [0, 0.05) is 11.8 Å². The van der Waals surface area contributed by atoms with Crippen LogP contribution in [-0.2, 0) is 14.3 Å². The summed E-state index contributed by atoms with van der Waals surface area (Å²) in [6, 6.07) is 17.1. The van der Waals surface area contributed by atoms with Gasteiger partial charge in [-0.05, 0) is 42.5 Å². The summed E-state index contributed by atoms with van der Waals surface area (Å²) in [5, 5.41) is 2.86. The number of nitrogens with one attached hydrogen (secondary N) is 1. The second-order valence-corrected chi connectivity index (χ2v) is 6.21. The lowest BCUT2D eigenvalue weighted by Crippen LogP contribution is -2.29. The standard InChI is InChI=1S/C22H25NO3/c1-4-16(2)19-12-8-9-13-20(19)23-22(25)17(3)26-21(24)15-14-18-10-6-5-7-11-18/h5-17H,4H2,1-3H3,(H,23,25)/b15-14+/t16-,17-/m0/s1. The zero-order valence-electron chi connectivity index (χ0n) is 15.4. The molecule has 0 saturated carbocycles. The van der Waals surface area contributed by atoms with E-state index in [0.29, 0.717) is 5.92 Å². The molecule has 26 heavy (non-hydrogen) atoms. The van der Waals surface area contributed by atoms with E-state index in [1.54, 1.807) is 13.0 Å². The molecule has 2 rings (SSSR count). The van der Waals surface area contributed by atoms with Crippen LogP contribution in [0.2, 0.25) is 0 Å². The summed E-state index contributed by atoms with van der Waals surface area (Å²) in [6.07, 6.45) is 3.08. The maximum atomic E-state index is 12.4. The van der Waals surface area contributed by atoms with Gasteiger partial charge in [-0.25, -0.2) is 4.79 Å². The Bertz CT molecular complexity index is 768. The summed E-state index contributed by atoms with van der Waals surface area (Å²) in [4.78, 5) is 24.3. The van der Waals surface area contributed by atoms with Crippen molar-refractivity contribution >= 4 is 23.6 Å². The summed E-state index contributed by atoms with van der Waals surface area (Å²) in [7, 11) is 0. The van der Waals surface area contributed by atoms with Crippen LogP contribution in [0.5, 0.6) is 0 Å². The van der Waals surface area contributed by atoms with Gasteiger partial charge in [0.25, 0.3) is 5.91 Å². The highest BCUT2D eigenvalue weighted by molar-refractivity contribution is 5.97. The van der Waals surface area contributed by atoms with Gasteiger partial charge < -0.3 is 10.1 Å². The third-order valence-electron chi connectivity index (χ3n) is 4.24. The molecule has 0 unspecified atom stereocenters. The smallest absolute Gasteiger partial charge is 0.331 e. The van der Waals surface area contributed by atoms with Gasteiger partial charge in [0.1, 0.15) is 0 Å². The Balaban J connectivity index is 1.96. The Hall–Kier alpha value is -2.88. The Morgan fingerprint density at radius 1 is 1.04 bits per heavy atom. The molecule has 0 aliphatic rings. The molecular formula is C22H25NO3. The molecule has 0 fully saturated rings. The first kappa shape index (κ1) is 19.4. The molecule has 4 heteroatoms. The van der Waals surface area contributed by atoms with Gasteiger partial charge in [-0.3, -0.25) is 4.79 Å². The first-order valence-corrected chi connectivity index (χ1v) is 8.84. The second-order valence-electron chi connectivity index (χ2n) is 6.21. The average molecular weight is 351 g/mol. The topological polar surface area (TPSA) is 55.4 Å². The molecule has 2 aromatic carbocycles. The Morgan fingerprint density at radius 2 is 1.69 bits per heavy atom. The lowest BCUT2D eigenvalue weighted by Gasteiger charge is -2.17. The van der Waals surface area contributed by atoms with E-state index in [2.05, 4.69) is 19.2 Å². The number of amides is 1. The van der Waals surface area contributed by atoms with Crippen molar-refractivity contribution in [1.82, 2.24) is 0 Å². The summed E-state index contributed by atoms with van der Waals surface area (Å²) in [5.74, 6) is -0.563. The number of anilines is 1. The van der Waals surface area contributed by atoms with E-state index in [4.69, 9.17) is 4.74 Å². The fourth-order valence-electron chi connectivity index (χ4n) is 2.49. The van der Waals surface area contributed by atoms with Crippen LogP contribution < -0.4 is 5.32 Å². The van der Waals surface area contributed by atoms with Crippen LogP contribution in [0.15, 0.2) is 60.7 Å². The molecule has 1 amide bonds. The highest BCUT2D eigenvalue weighted by Gasteiger charge is 2.18. The van der Waals surface area contributed by atoms with Gasteiger partial charge in [-0.15, -0.1) is 0 Å². The number of carbonyl (C=O) groups is 2. The van der Waals surface area contributed by atoms with Crippen molar-refractivity contribution in [2.24, 2.45) is 0 Å². The molecule has 136 valence electrons. The van der Waals surface area contributed by atoms with Gasteiger partial charge >= 0.3 is 5.97 Å². The lowest BCUT2D eigenvalue weighted by molar-refractivity contribution is -0.148. The number of para-hydroxylation sites is 1. The number of hydrogen-bond acceptors (Lipinski definition) is 3. The first-order chi connectivity index (χ1) is 12.5. The molecule has 4 nitrogen and oxygen atoms in total. The first-order valence-electron chi connectivity index (χ1n) is 8.84. The number of esters is 1. The van der Waals surface area contributed by atoms with E-state index in [-0.39, 0.29) is 5.91 Å². The second kappa shape index (κ2) is 9.56. The Morgan fingerprint density at radius 3 is 2.38 bits per heavy atom. The van der Waals surface area contributed by atoms with Gasteiger partial charge in [0.05, 0.1) is 0 Å². The number of hydrogen-bond donors (Lipinski definition) is 1. The van der Waals surface area contributed by atoms with Crippen LogP contribution in [0.4, 0.5) is 5.69 Å². The average Bonchev–Trinajstić information content (AvgIpc) is 2.67. The van der Waals surface area contributed by atoms with Gasteiger partial charge in [0.15, 0.2) is 6.10 Å². The van der Waals surface area contributed by atoms with Crippen LogP contribution in [0.25, 0.3) is 6.08 Å². The maximum absolute atomic E-state index is 12.4. The van der Waals surface area contributed by atoms with Crippen molar-refractivity contribution in [3.05, 3.63) is 71.8 Å². The van der Waals surface area contributed by atoms with E-state index in [1.165, 1.54) is 6.08 Å². The van der Waals surface area contributed by atoms with Crippen LogP contribution >= 0.6 is 0 Å². The normalized spacial score (nSPS) is 13.2. The van der Waals surface area contributed by atoms with Crippen molar-refractivity contribution in [3.8, 4) is 0 Å². The fraction of sp³-hybridized carbons (Fsp3) is 0.273. The molecule has 1 N–H and O–H groups in total. The third kappa shape index (κ3) is 5.59. The molecule has 0 radical (unpaired) electrons. The molecule has 0 saturated heterocycles. The fourth-order valence-corrected chi connectivity index (χ4v) is 2.49. The molecule has 0 heterocycles.